The van der Waals surface area contributed by atoms with Crippen LogP contribution in [0.15, 0.2) is 36.4 Å². The highest BCUT2D eigenvalue weighted by Crippen LogP contribution is 2.20. The van der Waals surface area contributed by atoms with Gasteiger partial charge in [-0.3, -0.25) is 14.9 Å². The second-order valence-corrected chi connectivity index (χ2v) is 5.42. The maximum atomic E-state index is 12.4. The summed E-state index contributed by atoms with van der Waals surface area (Å²) in [6.45, 7) is 5.59. The Morgan fingerprint density at radius 1 is 1.04 bits per heavy atom. The molecule has 2 N–H and O–H groups in total. The van der Waals surface area contributed by atoms with Crippen LogP contribution in [0.3, 0.4) is 0 Å². The van der Waals surface area contributed by atoms with Crippen molar-refractivity contribution in [2.45, 2.75) is 20.8 Å². The number of nitrogens with one attached hydrogen (secondary N) is 2. The molecule has 0 aliphatic rings. The van der Waals surface area contributed by atoms with Gasteiger partial charge in [-0.25, -0.2) is 4.98 Å². The lowest BCUT2D eigenvalue weighted by molar-refractivity contribution is 0.102. The zero-order valence-corrected chi connectivity index (χ0v) is 13.2. The van der Waals surface area contributed by atoms with Gasteiger partial charge >= 0.3 is 0 Å². The maximum absolute atomic E-state index is 12.4. The van der Waals surface area contributed by atoms with Crippen molar-refractivity contribution in [2.24, 2.45) is 0 Å². The van der Waals surface area contributed by atoms with Gasteiger partial charge in [-0.15, -0.1) is 0 Å². The molecule has 2 aromatic heterocycles. The second-order valence-electron chi connectivity index (χ2n) is 5.42. The van der Waals surface area contributed by atoms with Crippen LogP contribution in [0.4, 0.5) is 5.69 Å². The van der Waals surface area contributed by atoms with Crippen LogP contribution in [0.5, 0.6) is 0 Å². The number of aromatic nitrogens is 4. The number of rotatable bonds is 3. The zero-order chi connectivity index (χ0) is 16.4. The molecule has 0 fully saturated rings. The first kappa shape index (κ1) is 14.9. The third-order valence-corrected chi connectivity index (χ3v) is 3.32. The molecule has 6 heteroatoms. The highest BCUT2D eigenvalue weighted by Gasteiger charge is 2.10. The number of benzene rings is 1. The van der Waals surface area contributed by atoms with E-state index in [1.165, 1.54) is 0 Å². The number of hydrogen-bond donors (Lipinski definition) is 2. The lowest BCUT2D eigenvalue weighted by Crippen LogP contribution is -2.12. The van der Waals surface area contributed by atoms with E-state index in [9.17, 15) is 4.79 Å². The maximum Gasteiger partial charge on any atom is 0.255 e. The van der Waals surface area contributed by atoms with E-state index < -0.39 is 0 Å². The quantitative estimate of drug-likeness (QED) is 0.779. The summed E-state index contributed by atoms with van der Waals surface area (Å²) < 4.78 is 0. The fraction of sp³-hybridized carbons (Fsp3) is 0.176. The summed E-state index contributed by atoms with van der Waals surface area (Å²) in [6, 6.07) is 11.0. The summed E-state index contributed by atoms with van der Waals surface area (Å²) in [6.07, 6.45) is 0. The van der Waals surface area contributed by atoms with Crippen LogP contribution >= 0.6 is 0 Å². The molecule has 0 aliphatic heterocycles. The van der Waals surface area contributed by atoms with E-state index in [4.69, 9.17) is 0 Å². The molecule has 6 nitrogen and oxygen atoms in total. The molecule has 2 heterocycles. The van der Waals surface area contributed by atoms with Crippen LogP contribution < -0.4 is 5.32 Å². The van der Waals surface area contributed by atoms with Crippen molar-refractivity contribution >= 4 is 11.6 Å². The zero-order valence-electron chi connectivity index (χ0n) is 13.2. The molecular formula is C17H17N5O. The SMILES string of the molecule is Cc1cc(C(=O)Nc2cccc(-c3n[nH]c(C)n3)c2)cc(C)n1. The Morgan fingerprint density at radius 3 is 2.43 bits per heavy atom. The molecule has 1 aromatic carbocycles. The lowest BCUT2D eigenvalue weighted by Gasteiger charge is -2.07. The Balaban J connectivity index is 1.84. The Labute approximate surface area is 134 Å². The first-order valence-corrected chi connectivity index (χ1v) is 7.27. The number of pyridine rings is 1. The number of nitrogens with zero attached hydrogens (tertiary/aromatic N) is 3. The van der Waals surface area contributed by atoms with Crippen LogP contribution in [0, 0.1) is 20.8 Å². The van der Waals surface area contributed by atoms with Gasteiger partial charge in [-0.05, 0) is 45.0 Å². The summed E-state index contributed by atoms with van der Waals surface area (Å²) in [5.41, 5.74) is 3.77. The monoisotopic (exact) mass is 307 g/mol. The van der Waals surface area contributed by atoms with Gasteiger partial charge in [0, 0.05) is 28.2 Å². The molecule has 0 aliphatic carbocycles. The molecule has 0 spiro atoms. The molecule has 0 unspecified atom stereocenters. The standard InChI is InChI=1S/C17H17N5O/c1-10-7-14(8-11(2)18-10)17(23)20-15-6-4-5-13(9-15)16-19-12(3)21-22-16/h4-9H,1-3H3,(H,20,23)(H,19,21,22). The summed E-state index contributed by atoms with van der Waals surface area (Å²) in [5, 5.41) is 9.84. The summed E-state index contributed by atoms with van der Waals surface area (Å²) in [4.78, 5) is 21.0. The van der Waals surface area contributed by atoms with Crippen molar-refractivity contribution in [1.29, 1.82) is 0 Å². The van der Waals surface area contributed by atoms with Crippen LogP contribution in [0.1, 0.15) is 27.6 Å². The predicted molar refractivity (Wildman–Crippen MR) is 88.2 cm³/mol. The molecule has 0 atom stereocenters. The van der Waals surface area contributed by atoms with Gasteiger partial charge in [0.1, 0.15) is 5.82 Å². The molecule has 0 saturated heterocycles. The first-order valence-electron chi connectivity index (χ1n) is 7.27. The third kappa shape index (κ3) is 3.42. The number of H-pyrrole nitrogens is 1. The minimum absolute atomic E-state index is 0.165. The van der Waals surface area contributed by atoms with Crippen molar-refractivity contribution in [3.63, 3.8) is 0 Å². The van der Waals surface area contributed by atoms with E-state index in [0.717, 1.165) is 22.8 Å². The number of carbonyl (C=O) groups is 1. The summed E-state index contributed by atoms with van der Waals surface area (Å²) >= 11 is 0. The summed E-state index contributed by atoms with van der Waals surface area (Å²) in [5.74, 6) is 1.19. The Hall–Kier alpha value is -3.02. The number of aromatic amines is 1. The largest absolute Gasteiger partial charge is 0.322 e. The number of hydrogen-bond acceptors (Lipinski definition) is 4. The second kappa shape index (κ2) is 6.00. The molecule has 0 bridgehead atoms. The van der Waals surface area contributed by atoms with Crippen LogP contribution in [-0.4, -0.2) is 26.1 Å². The van der Waals surface area contributed by atoms with Crippen molar-refractivity contribution in [2.75, 3.05) is 5.32 Å². The van der Waals surface area contributed by atoms with Crippen molar-refractivity contribution in [3.05, 3.63) is 59.2 Å². The molecule has 3 aromatic rings. The Morgan fingerprint density at radius 2 is 1.78 bits per heavy atom. The molecule has 3 rings (SSSR count). The molecule has 23 heavy (non-hydrogen) atoms. The van der Waals surface area contributed by atoms with E-state index in [2.05, 4.69) is 25.5 Å². The van der Waals surface area contributed by atoms with E-state index in [1.54, 1.807) is 12.1 Å². The van der Waals surface area contributed by atoms with Crippen molar-refractivity contribution in [1.82, 2.24) is 20.2 Å². The fourth-order valence-electron chi connectivity index (χ4n) is 2.38. The van der Waals surface area contributed by atoms with Gasteiger partial charge in [-0.2, -0.15) is 5.10 Å². The van der Waals surface area contributed by atoms with Gasteiger partial charge in [-0.1, -0.05) is 12.1 Å². The molecular weight excluding hydrogens is 290 g/mol. The van der Waals surface area contributed by atoms with Crippen LogP contribution in [-0.2, 0) is 0 Å². The van der Waals surface area contributed by atoms with Crippen molar-refractivity contribution in [3.8, 4) is 11.4 Å². The third-order valence-electron chi connectivity index (χ3n) is 3.32. The van der Waals surface area contributed by atoms with Crippen molar-refractivity contribution < 1.29 is 4.79 Å². The molecule has 116 valence electrons. The number of amides is 1. The summed E-state index contributed by atoms with van der Waals surface area (Å²) in [7, 11) is 0. The molecule has 0 radical (unpaired) electrons. The average molecular weight is 307 g/mol. The Kier molecular flexibility index (Phi) is 3.89. The minimum Gasteiger partial charge on any atom is -0.322 e. The Bertz CT molecular complexity index is 849. The van der Waals surface area contributed by atoms with Gasteiger partial charge in [0.05, 0.1) is 0 Å². The van der Waals surface area contributed by atoms with E-state index in [1.807, 2.05) is 45.0 Å². The van der Waals surface area contributed by atoms with Gasteiger partial charge in [0.2, 0.25) is 0 Å². The van der Waals surface area contributed by atoms with E-state index >= 15 is 0 Å². The topological polar surface area (TPSA) is 83.6 Å². The number of carbonyl (C=O) groups excluding carboxylic acids is 1. The van der Waals surface area contributed by atoms with Gasteiger partial charge in [0.25, 0.3) is 5.91 Å². The minimum atomic E-state index is -0.165. The highest BCUT2D eigenvalue weighted by atomic mass is 16.1. The van der Waals surface area contributed by atoms with Gasteiger partial charge < -0.3 is 5.32 Å². The van der Waals surface area contributed by atoms with E-state index in [-0.39, 0.29) is 5.91 Å². The first-order chi connectivity index (χ1) is 11.0. The average Bonchev–Trinajstić information content (AvgIpc) is 2.93. The normalized spacial score (nSPS) is 10.6. The smallest absolute Gasteiger partial charge is 0.255 e. The fourth-order valence-corrected chi connectivity index (χ4v) is 2.38. The van der Waals surface area contributed by atoms with Crippen LogP contribution in [0.25, 0.3) is 11.4 Å². The number of aryl methyl sites for hydroxylation is 3. The predicted octanol–water partition coefficient (Wildman–Crippen LogP) is 3.04. The highest BCUT2D eigenvalue weighted by molar-refractivity contribution is 6.04. The molecule has 0 saturated carbocycles. The van der Waals surface area contributed by atoms with Crippen LogP contribution in [0.2, 0.25) is 0 Å². The van der Waals surface area contributed by atoms with Gasteiger partial charge in [0.15, 0.2) is 5.82 Å². The lowest BCUT2D eigenvalue weighted by atomic mass is 10.1. The number of anilines is 1. The molecule has 1 amide bonds. The van der Waals surface area contributed by atoms with E-state index in [0.29, 0.717) is 17.1 Å².